The third-order valence-corrected chi connectivity index (χ3v) is 5.16. The van der Waals surface area contributed by atoms with Crippen molar-refractivity contribution in [2.45, 2.75) is 18.0 Å². The zero-order chi connectivity index (χ0) is 14.4. The van der Waals surface area contributed by atoms with Crippen molar-refractivity contribution in [2.24, 2.45) is 0 Å². The van der Waals surface area contributed by atoms with E-state index in [4.69, 9.17) is 4.74 Å². The summed E-state index contributed by atoms with van der Waals surface area (Å²) in [5.74, 6) is 0.673. The van der Waals surface area contributed by atoms with Gasteiger partial charge in [0.05, 0.1) is 16.3 Å². The van der Waals surface area contributed by atoms with Crippen LogP contribution in [0.5, 0.6) is 5.75 Å². The molecular formula is C13H14N4O3S. The highest BCUT2D eigenvalue weighted by atomic mass is 32.2. The topological polar surface area (TPSA) is 85.2 Å². The largest absolute Gasteiger partial charge is 0.490 e. The Bertz CT molecular complexity index is 791. The first-order valence-corrected chi connectivity index (χ1v) is 8.13. The lowest BCUT2D eigenvalue weighted by Gasteiger charge is -2.19. The molecule has 4 rings (SSSR count). The van der Waals surface area contributed by atoms with Gasteiger partial charge in [-0.1, -0.05) is 0 Å². The van der Waals surface area contributed by atoms with Crippen LogP contribution < -0.4 is 15.4 Å². The van der Waals surface area contributed by atoms with Gasteiger partial charge in [0.15, 0.2) is 0 Å². The maximum Gasteiger partial charge on any atom is 0.283 e. The number of anilines is 1. The quantitative estimate of drug-likeness (QED) is 0.842. The van der Waals surface area contributed by atoms with Crippen LogP contribution in [0.2, 0.25) is 0 Å². The van der Waals surface area contributed by atoms with Crippen molar-refractivity contribution in [1.82, 2.24) is 14.5 Å². The molecule has 2 aromatic rings. The third-order valence-electron chi connectivity index (χ3n) is 3.63. The molecule has 1 aromatic carbocycles. The van der Waals surface area contributed by atoms with Crippen LogP contribution in [0.1, 0.15) is 11.3 Å². The lowest BCUT2D eigenvalue weighted by Crippen LogP contribution is -2.19. The zero-order valence-electron chi connectivity index (χ0n) is 11.2. The van der Waals surface area contributed by atoms with E-state index >= 15 is 0 Å². The molecule has 0 bridgehead atoms. The van der Waals surface area contributed by atoms with Gasteiger partial charge in [0.2, 0.25) is 0 Å². The van der Waals surface area contributed by atoms with Gasteiger partial charge < -0.3 is 15.4 Å². The Balaban J connectivity index is 1.77. The predicted molar refractivity (Wildman–Crippen MR) is 75.8 cm³/mol. The SMILES string of the molecule is O=S(=O)(c1ccc2c(c1)NCCO2)n1cc2c(n1)CNC2. The minimum absolute atomic E-state index is 0.202. The fourth-order valence-corrected chi connectivity index (χ4v) is 3.74. The summed E-state index contributed by atoms with van der Waals surface area (Å²) in [6.07, 6.45) is 1.58. The van der Waals surface area contributed by atoms with Crippen LogP contribution in [0.15, 0.2) is 29.3 Å². The maximum atomic E-state index is 12.6. The molecular weight excluding hydrogens is 292 g/mol. The number of nitrogens with zero attached hydrogens (tertiary/aromatic N) is 2. The molecule has 0 spiro atoms. The Morgan fingerprint density at radius 1 is 1.29 bits per heavy atom. The van der Waals surface area contributed by atoms with Gasteiger partial charge in [0.1, 0.15) is 12.4 Å². The highest BCUT2D eigenvalue weighted by molar-refractivity contribution is 7.89. The van der Waals surface area contributed by atoms with Crippen molar-refractivity contribution in [3.05, 3.63) is 35.7 Å². The number of hydrogen-bond donors (Lipinski definition) is 2. The molecule has 0 amide bonds. The van der Waals surface area contributed by atoms with Crippen LogP contribution in [0.4, 0.5) is 5.69 Å². The summed E-state index contributed by atoms with van der Waals surface area (Å²) < 4.78 is 31.8. The summed E-state index contributed by atoms with van der Waals surface area (Å²) in [4.78, 5) is 0.202. The van der Waals surface area contributed by atoms with E-state index in [0.717, 1.165) is 15.3 Å². The first-order chi connectivity index (χ1) is 10.1. The maximum absolute atomic E-state index is 12.6. The van der Waals surface area contributed by atoms with Crippen molar-refractivity contribution < 1.29 is 13.2 Å². The molecule has 21 heavy (non-hydrogen) atoms. The average molecular weight is 306 g/mol. The van der Waals surface area contributed by atoms with Crippen LogP contribution >= 0.6 is 0 Å². The summed E-state index contributed by atoms with van der Waals surface area (Å²) in [7, 11) is -3.67. The Labute approximate surface area is 122 Å². The monoisotopic (exact) mass is 306 g/mol. The van der Waals surface area contributed by atoms with Crippen LogP contribution in [0.25, 0.3) is 0 Å². The normalized spacial score (nSPS) is 16.8. The Morgan fingerprint density at radius 2 is 2.19 bits per heavy atom. The molecule has 0 aliphatic carbocycles. The first kappa shape index (κ1) is 12.7. The van der Waals surface area contributed by atoms with E-state index in [9.17, 15) is 8.42 Å². The Kier molecular flexibility index (Phi) is 2.69. The zero-order valence-corrected chi connectivity index (χ0v) is 12.0. The van der Waals surface area contributed by atoms with Crippen molar-refractivity contribution in [1.29, 1.82) is 0 Å². The molecule has 2 aliphatic heterocycles. The van der Waals surface area contributed by atoms with E-state index in [0.29, 0.717) is 37.7 Å². The second kappa shape index (κ2) is 4.47. The molecule has 0 radical (unpaired) electrons. The van der Waals surface area contributed by atoms with E-state index < -0.39 is 10.0 Å². The van der Waals surface area contributed by atoms with E-state index in [2.05, 4.69) is 15.7 Å². The second-order valence-electron chi connectivity index (χ2n) is 5.02. The highest BCUT2D eigenvalue weighted by Crippen LogP contribution is 2.30. The van der Waals surface area contributed by atoms with Crippen molar-refractivity contribution in [3.8, 4) is 5.75 Å². The smallest absolute Gasteiger partial charge is 0.283 e. The molecule has 0 atom stereocenters. The number of nitrogens with one attached hydrogen (secondary N) is 2. The van der Waals surface area contributed by atoms with Crippen LogP contribution in [0.3, 0.4) is 0 Å². The van der Waals surface area contributed by atoms with Crippen molar-refractivity contribution in [3.63, 3.8) is 0 Å². The molecule has 3 heterocycles. The standard InChI is InChI=1S/C13H14N4O3S/c18-21(19,17-8-9-6-14-7-12(9)16-17)10-1-2-13-11(5-10)15-3-4-20-13/h1-2,5,8,14-15H,3-4,6-7H2. The molecule has 8 heteroatoms. The minimum atomic E-state index is -3.67. The van der Waals surface area contributed by atoms with Crippen LogP contribution in [-0.4, -0.2) is 30.8 Å². The molecule has 2 aliphatic rings. The number of fused-ring (bicyclic) bond motifs is 2. The van der Waals surface area contributed by atoms with E-state index in [1.165, 1.54) is 0 Å². The van der Waals surface area contributed by atoms with Gasteiger partial charge in [-0.05, 0) is 18.2 Å². The van der Waals surface area contributed by atoms with Gasteiger partial charge in [-0.2, -0.15) is 17.6 Å². The van der Waals surface area contributed by atoms with E-state index in [1.807, 2.05) is 0 Å². The molecule has 1 aromatic heterocycles. The fourth-order valence-electron chi connectivity index (χ4n) is 2.54. The second-order valence-corrected chi connectivity index (χ2v) is 6.81. The van der Waals surface area contributed by atoms with Crippen LogP contribution in [-0.2, 0) is 23.1 Å². The summed E-state index contributed by atoms with van der Waals surface area (Å²) in [6.45, 7) is 2.51. The van der Waals surface area contributed by atoms with Gasteiger partial charge in [0, 0.05) is 31.4 Å². The van der Waals surface area contributed by atoms with Gasteiger partial charge in [-0.3, -0.25) is 0 Å². The third kappa shape index (κ3) is 1.98. The Morgan fingerprint density at radius 3 is 3.05 bits per heavy atom. The highest BCUT2D eigenvalue weighted by Gasteiger charge is 2.24. The molecule has 110 valence electrons. The summed E-state index contributed by atoms with van der Waals surface area (Å²) in [5.41, 5.74) is 2.42. The molecule has 2 N–H and O–H groups in total. The molecule has 0 unspecified atom stereocenters. The lowest BCUT2D eigenvalue weighted by atomic mass is 10.2. The lowest BCUT2D eigenvalue weighted by molar-refractivity contribution is 0.323. The first-order valence-electron chi connectivity index (χ1n) is 6.69. The van der Waals surface area contributed by atoms with Crippen LogP contribution in [0, 0.1) is 0 Å². The summed E-state index contributed by atoms with van der Waals surface area (Å²) in [5, 5.41) is 10.4. The van der Waals surface area contributed by atoms with Gasteiger partial charge in [0.25, 0.3) is 10.0 Å². The van der Waals surface area contributed by atoms with Crippen molar-refractivity contribution >= 4 is 15.7 Å². The predicted octanol–water partition coefficient (Wildman–Crippen LogP) is 0.528. The average Bonchev–Trinajstić information content (AvgIpc) is 3.08. The van der Waals surface area contributed by atoms with Gasteiger partial charge in [-0.25, -0.2) is 0 Å². The number of hydrogen-bond acceptors (Lipinski definition) is 6. The Hall–Kier alpha value is -2.06. The molecule has 7 nitrogen and oxygen atoms in total. The number of rotatable bonds is 2. The summed E-state index contributed by atoms with van der Waals surface area (Å²) in [6, 6.07) is 4.81. The molecule has 0 fully saturated rings. The van der Waals surface area contributed by atoms with Gasteiger partial charge >= 0.3 is 0 Å². The van der Waals surface area contributed by atoms with E-state index in [1.54, 1.807) is 24.4 Å². The fraction of sp³-hybridized carbons (Fsp3) is 0.308. The minimum Gasteiger partial charge on any atom is -0.490 e. The number of aromatic nitrogens is 2. The van der Waals surface area contributed by atoms with Crippen molar-refractivity contribution in [2.75, 3.05) is 18.5 Å². The molecule has 0 saturated heterocycles. The van der Waals surface area contributed by atoms with E-state index in [-0.39, 0.29) is 4.90 Å². The van der Waals surface area contributed by atoms with Gasteiger partial charge in [-0.15, -0.1) is 0 Å². The molecule has 0 saturated carbocycles. The number of ether oxygens (including phenoxy) is 1. The number of benzene rings is 1. The summed E-state index contributed by atoms with van der Waals surface area (Å²) >= 11 is 0.